The van der Waals surface area contributed by atoms with Crippen LogP contribution in [0.5, 0.6) is 0 Å². The first-order valence-electron chi connectivity index (χ1n) is 5.77. The summed E-state index contributed by atoms with van der Waals surface area (Å²) >= 11 is 0. The molecule has 0 saturated heterocycles. The van der Waals surface area contributed by atoms with Crippen LogP contribution in [0.4, 0.5) is 8.78 Å². The Bertz CT molecular complexity index is 489. The molecule has 0 fully saturated rings. The molecule has 6 heteroatoms. The predicted octanol–water partition coefficient (Wildman–Crippen LogP) is 1.73. The number of halogens is 2. The van der Waals surface area contributed by atoms with Crippen molar-refractivity contribution < 1.29 is 23.5 Å². The second-order valence-electron chi connectivity index (χ2n) is 4.55. The van der Waals surface area contributed by atoms with Crippen molar-refractivity contribution in [2.75, 3.05) is 0 Å². The second-order valence-corrected chi connectivity index (χ2v) is 4.55. The summed E-state index contributed by atoms with van der Waals surface area (Å²) in [6, 6.07) is 2.12. The van der Waals surface area contributed by atoms with Crippen LogP contribution in [0.1, 0.15) is 19.4 Å². The average molecular weight is 271 g/mol. The fourth-order valence-corrected chi connectivity index (χ4v) is 1.57. The minimum Gasteiger partial charge on any atom is -0.480 e. The molecule has 1 rings (SSSR count). The molecule has 1 aromatic rings. The highest BCUT2D eigenvalue weighted by atomic mass is 19.2. The minimum atomic E-state index is -1.13. The Morgan fingerprint density at radius 3 is 2.37 bits per heavy atom. The maximum atomic E-state index is 12.9. The fraction of sp³-hybridized carbons (Fsp3) is 0.385. The van der Waals surface area contributed by atoms with Gasteiger partial charge >= 0.3 is 5.97 Å². The molecule has 4 nitrogen and oxygen atoms in total. The predicted molar refractivity (Wildman–Crippen MR) is 64.5 cm³/mol. The zero-order valence-corrected chi connectivity index (χ0v) is 10.6. The summed E-state index contributed by atoms with van der Waals surface area (Å²) in [5, 5.41) is 11.3. The number of carboxylic acid groups (broad SMARTS) is 1. The molecule has 1 amide bonds. The van der Waals surface area contributed by atoms with E-state index in [0.29, 0.717) is 0 Å². The summed E-state index contributed by atoms with van der Waals surface area (Å²) in [5.41, 5.74) is 0.282. The van der Waals surface area contributed by atoms with E-state index in [4.69, 9.17) is 5.11 Å². The van der Waals surface area contributed by atoms with E-state index in [1.807, 2.05) is 0 Å². The third-order valence-corrected chi connectivity index (χ3v) is 2.60. The van der Waals surface area contributed by atoms with Crippen molar-refractivity contribution in [3.05, 3.63) is 35.4 Å². The highest BCUT2D eigenvalue weighted by molar-refractivity contribution is 5.85. The molecule has 2 N–H and O–H groups in total. The number of rotatable bonds is 5. The highest BCUT2D eigenvalue weighted by Gasteiger charge is 2.23. The summed E-state index contributed by atoms with van der Waals surface area (Å²) in [5.74, 6) is -3.98. The lowest BCUT2D eigenvalue weighted by atomic mass is 10.0. The fourth-order valence-electron chi connectivity index (χ4n) is 1.57. The SMILES string of the molecule is CC(C)C(NC(=O)Cc1ccc(F)c(F)c1)C(=O)O. The van der Waals surface area contributed by atoms with Gasteiger partial charge in [0.2, 0.25) is 5.91 Å². The van der Waals surface area contributed by atoms with E-state index in [1.165, 1.54) is 6.07 Å². The van der Waals surface area contributed by atoms with E-state index >= 15 is 0 Å². The summed E-state index contributed by atoms with van der Waals surface area (Å²) in [6.45, 7) is 3.33. The van der Waals surface area contributed by atoms with Gasteiger partial charge in [0.25, 0.3) is 0 Å². The molecule has 0 aliphatic heterocycles. The number of benzene rings is 1. The molecule has 0 aliphatic carbocycles. The number of carboxylic acids is 1. The zero-order chi connectivity index (χ0) is 14.6. The summed E-state index contributed by atoms with van der Waals surface area (Å²) in [6.07, 6.45) is -0.201. The monoisotopic (exact) mass is 271 g/mol. The zero-order valence-electron chi connectivity index (χ0n) is 10.6. The van der Waals surface area contributed by atoms with Crippen LogP contribution in [0.2, 0.25) is 0 Å². The van der Waals surface area contributed by atoms with Gasteiger partial charge in [-0.1, -0.05) is 19.9 Å². The van der Waals surface area contributed by atoms with Gasteiger partial charge in [-0.2, -0.15) is 0 Å². The number of nitrogens with one attached hydrogen (secondary N) is 1. The highest BCUT2D eigenvalue weighted by Crippen LogP contribution is 2.10. The number of amides is 1. The summed E-state index contributed by atoms with van der Waals surface area (Å²) in [7, 11) is 0. The molecule has 1 aromatic carbocycles. The largest absolute Gasteiger partial charge is 0.480 e. The number of aliphatic carboxylic acids is 1. The normalized spacial score (nSPS) is 12.3. The van der Waals surface area contributed by atoms with Crippen LogP contribution in [0.25, 0.3) is 0 Å². The molecule has 0 spiro atoms. The minimum absolute atomic E-state index is 0.201. The molecular formula is C13H15F2NO3. The summed E-state index contributed by atoms with van der Waals surface area (Å²) in [4.78, 5) is 22.5. The first-order chi connectivity index (χ1) is 8.81. The van der Waals surface area contributed by atoms with Crippen molar-refractivity contribution in [3.63, 3.8) is 0 Å². The third kappa shape index (κ3) is 4.31. The van der Waals surface area contributed by atoms with Gasteiger partial charge in [-0.05, 0) is 23.6 Å². The van der Waals surface area contributed by atoms with Crippen molar-refractivity contribution in [3.8, 4) is 0 Å². The Hall–Kier alpha value is -1.98. The Balaban J connectivity index is 2.69. The van der Waals surface area contributed by atoms with E-state index in [1.54, 1.807) is 13.8 Å². The lowest BCUT2D eigenvalue weighted by molar-refractivity contribution is -0.143. The number of carbonyl (C=O) groups is 2. The van der Waals surface area contributed by atoms with Gasteiger partial charge in [-0.25, -0.2) is 13.6 Å². The third-order valence-electron chi connectivity index (χ3n) is 2.60. The molecule has 0 aliphatic rings. The van der Waals surface area contributed by atoms with E-state index in [2.05, 4.69) is 5.32 Å². The van der Waals surface area contributed by atoms with Crippen LogP contribution in [0.15, 0.2) is 18.2 Å². The van der Waals surface area contributed by atoms with E-state index in [0.717, 1.165) is 12.1 Å². The van der Waals surface area contributed by atoms with Crippen molar-refractivity contribution in [2.45, 2.75) is 26.3 Å². The van der Waals surface area contributed by atoms with Crippen LogP contribution in [0, 0.1) is 17.6 Å². The topological polar surface area (TPSA) is 66.4 Å². The molecule has 19 heavy (non-hydrogen) atoms. The van der Waals surface area contributed by atoms with Gasteiger partial charge in [0.1, 0.15) is 6.04 Å². The Morgan fingerprint density at radius 1 is 1.26 bits per heavy atom. The molecular weight excluding hydrogens is 256 g/mol. The lowest BCUT2D eigenvalue weighted by Gasteiger charge is -2.17. The standard InChI is InChI=1S/C13H15F2NO3/c1-7(2)12(13(18)19)16-11(17)6-8-3-4-9(14)10(15)5-8/h3-5,7,12H,6H2,1-2H3,(H,16,17)(H,18,19). The van der Waals surface area contributed by atoms with Gasteiger partial charge in [0, 0.05) is 0 Å². The van der Waals surface area contributed by atoms with Crippen molar-refractivity contribution in [2.24, 2.45) is 5.92 Å². The van der Waals surface area contributed by atoms with Crippen LogP contribution < -0.4 is 5.32 Å². The lowest BCUT2D eigenvalue weighted by Crippen LogP contribution is -2.44. The maximum Gasteiger partial charge on any atom is 0.326 e. The van der Waals surface area contributed by atoms with Crippen molar-refractivity contribution >= 4 is 11.9 Å². The Morgan fingerprint density at radius 2 is 1.89 bits per heavy atom. The van der Waals surface area contributed by atoms with Gasteiger partial charge in [-0.15, -0.1) is 0 Å². The van der Waals surface area contributed by atoms with E-state index in [-0.39, 0.29) is 17.9 Å². The van der Waals surface area contributed by atoms with Gasteiger partial charge < -0.3 is 10.4 Å². The maximum absolute atomic E-state index is 12.9. The molecule has 0 aromatic heterocycles. The molecule has 1 atom stereocenters. The Labute approximate surface area is 109 Å². The van der Waals surface area contributed by atoms with E-state index < -0.39 is 29.6 Å². The van der Waals surface area contributed by atoms with Gasteiger partial charge in [0.15, 0.2) is 11.6 Å². The average Bonchev–Trinajstić information content (AvgIpc) is 2.30. The molecule has 104 valence electrons. The van der Waals surface area contributed by atoms with Crippen LogP contribution in [0.3, 0.4) is 0 Å². The van der Waals surface area contributed by atoms with Crippen molar-refractivity contribution in [1.29, 1.82) is 0 Å². The first kappa shape index (κ1) is 15.1. The quantitative estimate of drug-likeness (QED) is 0.857. The molecule has 0 saturated carbocycles. The van der Waals surface area contributed by atoms with Crippen LogP contribution in [-0.2, 0) is 16.0 Å². The number of hydrogen-bond donors (Lipinski definition) is 2. The van der Waals surface area contributed by atoms with E-state index in [9.17, 15) is 18.4 Å². The molecule has 1 unspecified atom stereocenters. The second kappa shape index (κ2) is 6.26. The summed E-state index contributed by atoms with van der Waals surface area (Å²) < 4.78 is 25.7. The van der Waals surface area contributed by atoms with Gasteiger partial charge in [-0.3, -0.25) is 4.79 Å². The molecule has 0 radical (unpaired) electrons. The molecule has 0 heterocycles. The Kier molecular flexibility index (Phi) is 4.97. The van der Waals surface area contributed by atoms with Crippen LogP contribution in [-0.4, -0.2) is 23.0 Å². The van der Waals surface area contributed by atoms with Gasteiger partial charge in [0.05, 0.1) is 6.42 Å². The number of hydrogen-bond acceptors (Lipinski definition) is 2. The smallest absolute Gasteiger partial charge is 0.326 e. The first-order valence-corrected chi connectivity index (χ1v) is 5.77. The van der Waals surface area contributed by atoms with Crippen molar-refractivity contribution in [1.82, 2.24) is 5.32 Å². The molecule has 0 bridgehead atoms. The number of carbonyl (C=O) groups excluding carboxylic acids is 1. The van der Waals surface area contributed by atoms with Crippen LogP contribution >= 0.6 is 0 Å².